The Hall–Kier alpha value is -1.94. The number of carbonyl (C=O) groups is 4. The van der Waals surface area contributed by atoms with Crippen molar-refractivity contribution in [1.82, 2.24) is 0 Å². The molecule has 0 fully saturated rings. The van der Waals surface area contributed by atoms with Gasteiger partial charge in [0.15, 0.2) is 12.2 Å². The smallest absolute Gasteiger partial charge is 0.462 e. The highest BCUT2D eigenvalue weighted by Gasteiger charge is 2.30. The molecule has 0 bridgehead atoms. The molecule has 105 heavy (non-hydrogen) atoms. The first kappa shape index (κ1) is 103. The zero-order valence-electron chi connectivity index (χ0n) is 68.9. The van der Waals surface area contributed by atoms with E-state index in [4.69, 9.17) is 37.0 Å². The lowest BCUT2D eigenvalue weighted by Crippen LogP contribution is -2.30. The predicted octanol–water partition coefficient (Wildman–Crippen LogP) is 26.4. The molecule has 0 amide bonds. The fraction of sp³-hybridized carbons (Fsp3) is 0.953. The Labute approximate surface area is 645 Å². The average molecular weight is 1540 g/mol. The van der Waals surface area contributed by atoms with Gasteiger partial charge in [-0.1, -0.05) is 413 Å². The minimum absolute atomic E-state index is 0.109. The summed E-state index contributed by atoms with van der Waals surface area (Å²) in [6, 6.07) is 0. The molecule has 17 nitrogen and oxygen atoms in total. The molecule has 19 heteroatoms. The molecule has 0 spiro atoms. The van der Waals surface area contributed by atoms with E-state index in [1.807, 2.05) is 0 Å². The zero-order valence-corrected chi connectivity index (χ0v) is 70.7. The van der Waals surface area contributed by atoms with Crippen LogP contribution in [0, 0.1) is 5.92 Å². The van der Waals surface area contributed by atoms with Crippen LogP contribution >= 0.6 is 15.6 Å². The third-order valence-electron chi connectivity index (χ3n) is 20.3. The van der Waals surface area contributed by atoms with Crippen LogP contribution in [0.4, 0.5) is 0 Å². The Morgan fingerprint density at radius 1 is 0.257 bits per heavy atom. The van der Waals surface area contributed by atoms with E-state index in [9.17, 15) is 43.2 Å². The van der Waals surface area contributed by atoms with E-state index in [-0.39, 0.29) is 25.7 Å². The van der Waals surface area contributed by atoms with Crippen molar-refractivity contribution in [2.24, 2.45) is 5.92 Å². The minimum atomic E-state index is -4.96. The lowest BCUT2D eigenvalue weighted by Gasteiger charge is -2.21. The van der Waals surface area contributed by atoms with Crippen molar-refractivity contribution < 1.29 is 80.2 Å². The van der Waals surface area contributed by atoms with E-state index in [2.05, 4.69) is 34.6 Å². The summed E-state index contributed by atoms with van der Waals surface area (Å²) in [5, 5.41) is 10.7. The van der Waals surface area contributed by atoms with Crippen LogP contribution < -0.4 is 0 Å². The van der Waals surface area contributed by atoms with Gasteiger partial charge >= 0.3 is 39.5 Å². The van der Waals surface area contributed by atoms with Gasteiger partial charge in [0.05, 0.1) is 26.4 Å². The molecule has 0 heterocycles. The molecule has 5 atom stereocenters. The lowest BCUT2D eigenvalue weighted by molar-refractivity contribution is -0.161. The van der Waals surface area contributed by atoms with Gasteiger partial charge in [-0.25, -0.2) is 9.13 Å². The topological polar surface area (TPSA) is 237 Å². The summed E-state index contributed by atoms with van der Waals surface area (Å²) in [5.41, 5.74) is 0. The summed E-state index contributed by atoms with van der Waals surface area (Å²) in [7, 11) is -9.93. The highest BCUT2D eigenvalue weighted by atomic mass is 31.2. The Morgan fingerprint density at radius 2 is 0.438 bits per heavy atom. The third-order valence-corrected chi connectivity index (χ3v) is 22.2. The first-order valence-electron chi connectivity index (χ1n) is 44.6. The second-order valence-electron chi connectivity index (χ2n) is 31.4. The Morgan fingerprint density at radius 3 is 0.648 bits per heavy atom. The maximum absolute atomic E-state index is 13.1. The van der Waals surface area contributed by atoms with Gasteiger partial charge < -0.3 is 33.8 Å². The van der Waals surface area contributed by atoms with E-state index >= 15 is 0 Å². The van der Waals surface area contributed by atoms with Crippen molar-refractivity contribution in [3.63, 3.8) is 0 Å². The van der Waals surface area contributed by atoms with Crippen molar-refractivity contribution in [1.29, 1.82) is 0 Å². The van der Waals surface area contributed by atoms with Crippen molar-refractivity contribution in [2.75, 3.05) is 39.6 Å². The summed E-state index contributed by atoms with van der Waals surface area (Å²) < 4.78 is 68.9. The van der Waals surface area contributed by atoms with E-state index < -0.39 is 97.5 Å². The highest BCUT2D eigenvalue weighted by Crippen LogP contribution is 2.45. The van der Waals surface area contributed by atoms with Gasteiger partial charge in [0.2, 0.25) is 0 Å². The van der Waals surface area contributed by atoms with Crippen LogP contribution in [0.15, 0.2) is 0 Å². The predicted molar refractivity (Wildman–Crippen MR) is 432 cm³/mol. The molecule has 0 aromatic heterocycles. The van der Waals surface area contributed by atoms with Crippen molar-refractivity contribution in [3.8, 4) is 0 Å². The monoisotopic (exact) mass is 1540 g/mol. The lowest BCUT2D eigenvalue weighted by atomic mass is 10.0. The van der Waals surface area contributed by atoms with E-state index in [1.165, 1.54) is 289 Å². The Balaban J connectivity index is 5.22. The minimum Gasteiger partial charge on any atom is -0.462 e. The summed E-state index contributed by atoms with van der Waals surface area (Å²) in [6.07, 6.45) is 72.2. The molecule has 0 aliphatic heterocycles. The first-order valence-corrected chi connectivity index (χ1v) is 47.6. The van der Waals surface area contributed by atoms with Crippen LogP contribution in [0.3, 0.4) is 0 Å². The first-order chi connectivity index (χ1) is 51.0. The van der Waals surface area contributed by atoms with Gasteiger partial charge in [0.25, 0.3) is 0 Å². The molecule has 624 valence electrons. The van der Waals surface area contributed by atoms with Gasteiger partial charge in [-0.05, 0) is 31.6 Å². The molecule has 0 aromatic carbocycles. The molecule has 0 aliphatic rings. The molecular weight excluding hydrogens is 1370 g/mol. The molecular formula is C86H168O17P2. The normalized spacial score (nSPS) is 13.8. The fourth-order valence-electron chi connectivity index (χ4n) is 13.5. The molecule has 0 rings (SSSR count). The number of aliphatic hydroxyl groups is 1. The standard InChI is InChI=1S/C86H168O17P2/c1-6-9-12-15-18-21-24-26-28-30-31-32-33-35-37-43-47-52-57-62-67-72-86(91)103-82(76-97-84(89)70-65-60-55-50-45-41-39-38-40-44-48-53-58-63-68-79(4)5)78-101-105(94,95)99-74-80(87)73-98-104(92,93)100-77-81(75-96-83(88)69-64-59-54-49-23-20-17-14-11-8-3)102-85(90)71-66-61-56-51-46-42-36-34-29-27-25-22-19-16-13-10-7-2/h79-82,87H,6-78H2,1-5H3,(H,92,93)(H,94,95)/t80-,81+,82+/m0/s1. The number of carbonyl (C=O) groups excluding carboxylic acids is 4. The van der Waals surface area contributed by atoms with Crippen LogP contribution in [0.2, 0.25) is 0 Å². The number of unbranched alkanes of at least 4 members (excludes halogenated alkanes) is 58. The molecule has 2 unspecified atom stereocenters. The molecule has 0 saturated heterocycles. The number of phosphoric acid groups is 2. The van der Waals surface area contributed by atoms with Crippen LogP contribution in [0.1, 0.15) is 465 Å². The second-order valence-corrected chi connectivity index (χ2v) is 34.3. The fourth-order valence-corrected chi connectivity index (χ4v) is 15.1. The summed E-state index contributed by atoms with van der Waals surface area (Å²) in [5.74, 6) is -1.30. The van der Waals surface area contributed by atoms with Crippen LogP contribution in [-0.4, -0.2) is 96.7 Å². The molecule has 3 N–H and O–H groups in total. The van der Waals surface area contributed by atoms with Gasteiger partial charge in [0.1, 0.15) is 19.3 Å². The van der Waals surface area contributed by atoms with Gasteiger partial charge in [-0.15, -0.1) is 0 Å². The average Bonchev–Trinajstić information content (AvgIpc) is 0.915. The number of hydrogen-bond acceptors (Lipinski definition) is 15. The third kappa shape index (κ3) is 79.9. The maximum Gasteiger partial charge on any atom is 0.472 e. The zero-order chi connectivity index (χ0) is 76.9. The number of esters is 4. The summed E-state index contributed by atoms with van der Waals surface area (Å²) in [6.45, 7) is 7.38. The largest absolute Gasteiger partial charge is 0.472 e. The van der Waals surface area contributed by atoms with Crippen LogP contribution in [-0.2, 0) is 65.4 Å². The molecule has 0 aromatic rings. The number of ether oxygens (including phenoxy) is 4. The van der Waals surface area contributed by atoms with E-state index in [0.717, 1.165) is 95.8 Å². The molecule has 0 radical (unpaired) electrons. The number of rotatable bonds is 86. The quantitative estimate of drug-likeness (QED) is 0.0222. The second kappa shape index (κ2) is 78.7. The van der Waals surface area contributed by atoms with Crippen molar-refractivity contribution in [3.05, 3.63) is 0 Å². The Kier molecular flexibility index (Phi) is 77.3. The van der Waals surface area contributed by atoms with E-state index in [1.54, 1.807) is 0 Å². The molecule has 0 aliphatic carbocycles. The van der Waals surface area contributed by atoms with Gasteiger partial charge in [-0.3, -0.25) is 37.3 Å². The Bertz CT molecular complexity index is 2000. The number of phosphoric ester groups is 2. The van der Waals surface area contributed by atoms with E-state index in [0.29, 0.717) is 25.7 Å². The summed E-state index contributed by atoms with van der Waals surface area (Å²) in [4.78, 5) is 73.2. The van der Waals surface area contributed by atoms with Gasteiger partial charge in [-0.2, -0.15) is 0 Å². The SMILES string of the molecule is CCCCCCCCCCCCCCCCCCCCCCCC(=O)O[C@H](COC(=O)CCCCCCCCCCCCCCCCC(C)C)COP(=O)(O)OC[C@@H](O)COP(=O)(O)OC[C@@H](COC(=O)CCCCCCCCCCCC)OC(=O)CCCCCCCCCCCCCCCCCCC. The van der Waals surface area contributed by atoms with Crippen LogP contribution in [0.5, 0.6) is 0 Å². The maximum atomic E-state index is 13.1. The number of aliphatic hydroxyl groups excluding tert-OH is 1. The van der Waals surface area contributed by atoms with Crippen LogP contribution in [0.25, 0.3) is 0 Å². The van der Waals surface area contributed by atoms with Gasteiger partial charge in [0, 0.05) is 25.7 Å². The number of hydrogen-bond donors (Lipinski definition) is 3. The van der Waals surface area contributed by atoms with Crippen molar-refractivity contribution in [2.45, 2.75) is 483 Å². The summed E-state index contributed by atoms with van der Waals surface area (Å²) >= 11 is 0. The van der Waals surface area contributed by atoms with Crippen molar-refractivity contribution >= 4 is 39.5 Å². The highest BCUT2D eigenvalue weighted by molar-refractivity contribution is 7.47. The molecule has 0 saturated carbocycles.